The van der Waals surface area contributed by atoms with E-state index in [1.54, 1.807) is 6.92 Å². The van der Waals surface area contributed by atoms with Crippen molar-refractivity contribution in [3.05, 3.63) is 23.8 Å². The van der Waals surface area contributed by atoms with Gasteiger partial charge in [0, 0.05) is 52.4 Å². The molecule has 0 aliphatic heterocycles. The number of allylic oxidation sites excluding steroid dienone is 3. The van der Waals surface area contributed by atoms with Gasteiger partial charge in [-0.2, -0.15) is 0 Å². The summed E-state index contributed by atoms with van der Waals surface area (Å²) in [6.07, 6.45) is 10.7. The summed E-state index contributed by atoms with van der Waals surface area (Å²) >= 11 is 0. The van der Waals surface area contributed by atoms with Crippen LogP contribution in [0.5, 0.6) is 0 Å². The second kappa shape index (κ2) is 52.6. The Balaban J connectivity index is -0.000000630. The average Bonchev–Trinajstić information content (AvgIpc) is 3.11. The zero-order valence-corrected chi connectivity index (χ0v) is 32.8. The van der Waals surface area contributed by atoms with Gasteiger partial charge in [0.05, 0.1) is 53.0 Å². The molecule has 0 unspecified atom stereocenters. The van der Waals surface area contributed by atoms with E-state index in [4.69, 9.17) is 28.8 Å². The minimum absolute atomic E-state index is 0.0198. The molecule has 11 heteroatoms. The second-order valence-corrected chi connectivity index (χ2v) is 10.2. The number of nitrogens with one attached hydrogen (secondary N) is 3. The topological polar surface area (TPSA) is 123 Å². The molecule has 0 aromatic rings. The van der Waals surface area contributed by atoms with Gasteiger partial charge >= 0.3 is 0 Å². The quantitative estimate of drug-likeness (QED) is 0.0430. The van der Waals surface area contributed by atoms with Gasteiger partial charge in [0.25, 0.3) is 0 Å². The molecule has 0 spiro atoms. The fourth-order valence-electron chi connectivity index (χ4n) is 3.58. The summed E-state index contributed by atoms with van der Waals surface area (Å²) < 4.78 is 27.3. The van der Waals surface area contributed by atoms with Gasteiger partial charge in [-0.05, 0) is 66.2 Å². The second-order valence-electron chi connectivity index (χ2n) is 10.2. The molecule has 4 N–H and O–H groups in total. The van der Waals surface area contributed by atoms with Crippen LogP contribution in [-0.2, 0) is 28.5 Å². The van der Waals surface area contributed by atoms with Gasteiger partial charge < -0.3 is 44.3 Å². The molecular weight excluding hydrogens is 612 g/mol. The molecule has 0 radical (unpaired) electrons. The Morgan fingerprint density at radius 2 is 1.21 bits per heavy atom. The van der Waals surface area contributed by atoms with Crippen LogP contribution in [0.2, 0.25) is 0 Å². The number of nitrogens with zero attached hydrogens (tertiary/aromatic N) is 1. The largest absolute Gasteiger partial charge is 0.381 e. The van der Waals surface area contributed by atoms with Crippen LogP contribution in [0.3, 0.4) is 0 Å². The highest BCUT2D eigenvalue weighted by Gasteiger charge is 1.96. The lowest BCUT2D eigenvalue weighted by molar-refractivity contribution is -0.116. The summed E-state index contributed by atoms with van der Waals surface area (Å²) in [5.74, 6) is 0.211. The number of aliphatic hydroxyl groups is 1. The van der Waals surface area contributed by atoms with Crippen molar-refractivity contribution in [2.45, 2.75) is 87.5 Å². The number of hydrogen-bond donors (Lipinski definition) is 4. The molecule has 0 atom stereocenters. The third-order valence-corrected chi connectivity index (χ3v) is 6.32. The molecule has 0 heterocycles. The predicted octanol–water partition coefficient (Wildman–Crippen LogP) is 4.84. The van der Waals surface area contributed by atoms with Crippen molar-refractivity contribution < 1.29 is 33.6 Å². The maximum atomic E-state index is 10.9. The Morgan fingerprint density at radius 3 is 1.71 bits per heavy atom. The molecule has 0 saturated heterocycles. The fraction of sp³-hybridized carbons (Fsp3) is 0.865. The Hall–Kier alpha value is -1.25. The van der Waals surface area contributed by atoms with Crippen LogP contribution in [0.1, 0.15) is 87.5 Å². The number of ether oxygens (including phenoxy) is 5. The lowest BCUT2D eigenvalue weighted by atomic mass is 10.1. The number of carbonyl (C=O) groups is 1. The van der Waals surface area contributed by atoms with Gasteiger partial charge in [-0.15, -0.1) is 0 Å². The van der Waals surface area contributed by atoms with Gasteiger partial charge in [-0.1, -0.05) is 65.3 Å². The van der Waals surface area contributed by atoms with E-state index in [-0.39, 0.29) is 12.5 Å². The smallest absolute Gasteiger partial charge is 0.133 e. The minimum atomic E-state index is -0.0198. The maximum absolute atomic E-state index is 10.9. The number of aliphatic hydroxyl groups excluding tert-OH is 1. The van der Waals surface area contributed by atoms with Gasteiger partial charge in [0.1, 0.15) is 5.78 Å². The third kappa shape index (κ3) is 54.2. The van der Waals surface area contributed by atoms with Crippen LogP contribution in [-0.4, -0.2) is 141 Å². The Kier molecular flexibility index (Phi) is 58.6. The highest BCUT2D eigenvalue weighted by Crippen LogP contribution is 2.05. The molecule has 0 aliphatic carbocycles. The molecular formula is C37H80N4O7. The van der Waals surface area contributed by atoms with Gasteiger partial charge in [-0.3, -0.25) is 10.1 Å². The first-order valence-corrected chi connectivity index (χ1v) is 18.6. The Morgan fingerprint density at radius 1 is 0.688 bits per heavy atom. The highest BCUT2D eigenvalue weighted by atomic mass is 16.6. The minimum Gasteiger partial charge on any atom is -0.381 e. The highest BCUT2D eigenvalue weighted by molar-refractivity contribution is 5.77. The summed E-state index contributed by atoms with van der Waals surface area (Å²) in [4.78, 5) is 13.3. The molecule has 290 valence electrons. The van der Waals surface area contributed by atoms with Crippen LogP contribution in [0.15, 0.2) is 23.8 Å². The van der Waals surface area contributed by atoms with Crippen LogP contribution in [0.25, 0.3) is 0 Å². The molecule has 0 amide bonds. The van der Waals surface area contributed by atoms with E-state index >= 15 is 0 Å². The Labute approximate surface area is 296 Å². The zero-order valence-electron chi connectivity index (χ0n) is 32.8. The van der Waals surface area contributed by atoms with Crippen molar-refractivity contribution in [1.29, 1.82) is 0 Å². The van der Waals surface area contributed by atoms with E-state index in [0.29, 0.717) is 72.4 Å². The first-order chi connectivity index (χ1) is 23.5. The van der Waals surface area contributed by atoms with E-state index in [2.05, 4.69) is 53.8 Å². The zero-order chi connectivity index (χ0) is 36.8. The number of hydrogen-bond acceptors (Lipinski definition) is 11. The van der Waals surface area contributed by atoms with E-state index in [1.807, 2.05) is 40.8 Å². The molecule has 0 fully saturated rings. The molecule has 0 bridgehead atoms. The van der Waals surface area contributed by atoms with E-state index in [0.717, 1.165) is 65.0 Å². The molecule has 0 aliphatic rings. The lowest BCUT2D eigenvalue weighted by Crippen LogP contribution is -2.30. The lowest BCUT2D eigenvalue weighted by Gasteiger charge is -2.16. The van der Waals surface area contributed by atoms with Crippen molar-refractivity contribution >= 4 is 5.78 Å². The summed E-state index contributed by atoms with van der Waals surface area (Å²) in [7, 11) is 1.99. The van der Waals surface area contributed by atoms with Crippen molar-refractivity contribution in [3.8, 4) is 0 Å². The van der Waals surface area contributed by atoms with E-state index in [9.17, 15) is 4.79 Å². The van der Waals surface area contributed by atoms with Gasteiger partial charge in [0.15, 0.2) is 0 Å². The van der Waals surface area contributed by atoms with Gasteiger partial charge in [0.2, 0.25) is 0 Å². The summed E-state index contributed by atoms with van der Waals surface area (Å²) in [5, 5.41) is 17.8. The van der Waals surface area contributed by atoms with Crippen molar-refractivity contribution in [2.24, 2.45) is 0 Å². The first-order valence-electron chi connectivity index (χ1n) is 18.6. The maximum Gasteiger partial charge on any atom is 0.133 e. The molecule has 0 aromatic heterocycles. The third-order valence-electron chi connectivity index (χ3n) is 6.32. The average molecular weight is 693 g/mol. The van der Waals surface area contributed by atoms with E-state index in [1.165, 1.54) is 12.1 Å². The summed E-state index contributed by atoms with van der Waals surface area (Å²) in [6, 6.07) is 0. The van der Waals surface area contributed by atoms with Gasteiger partial charge in [-0.25, -0.2) is 0 Å². The van der Waals surface area contributed by atoms with Crippen LogP contribution in [0, 0.1) is 0 Å². The first kappa shape index (κ1) is 53.5. The van der Waals surface area contributed by atoms with E-state index < -0.39 is 0 Å². The van der Waals surface area contributed by atoms with Crippen LogP contribution < -0.4 is 16.0 Å². The predicted molar refractivity (Wildman–Crippen MR) is 203 cm³/mol. The molecule has 0 aromatic carbocycles. The number of carbonyl (C=O) groups excluding carboxylic acids is 1. The van der Waals surface area contributed by atoms with Crippen molar-refractivity contribution in [2.75, 3.05) is 126 Å². The molecule has 0 saturated carbocycles. The summed E-state index contributed by atoms with van der Waals surface area (Å²) in [5.41, 5.74) is 1.27. The fourth-order valence-corrected chi connectivity index (χ4v) is 3.58. The summed E-state index contributed by atoms with van der Waals surface area (Å²) in [6.45, 7) is 29.1. The standard InChI is InChI=1S/C26H50N2O7.C7H18N2.2C2H6/c1-25(9-10-26(2)30)8-4-3-5-11-27-12-6-14-32-18-20-34-22-23-35-21-19-33-16-7-15-31-17-13-28-24-29;1-4-9(5-2)7-6-8-3;2*1-2/h3,5,9,27-29H,4,6-8,10-24H2,1-2H3;8H,4-7H2,1-3H3;2*1-2H3/b5-3?,25-9+;;;. The van der Waals surface area contributed by atoms with Crippen LogP contribution >= 0.6 is 0 Å². The molecule has 11 nitrogen and oxygen atoms in total. The normalized spacial score (nSPS) is 11.1. The van der Waals surface area contributed by atoms with Crippen molar-refractivity contribution in [1.82, 2.24) is 20.9 Å². The molecule has 48 heavy (non-hydrogen) atoms. The van der Waals surface area contributed by atoms with Crippen LogP contribution in [0.4, 0.5) is 0 Å². The SMILES string of the molecule is CC.CC.CC(=O)C/C=C(\C)CCC=CCNCCCOCCOCCOCCOCCCOCCNCO.CCN(CC)CCNC. The number of rotatable bonds is 33. The Bertz CT molecular complexity index is 637. The number of ketones is 1. The number of likely N-dealkylation sites (N-methyl/N-ethyl adjacent to an activating group) is 2. The van der Waals surface area contributed by atoms with Crippen molar-refractivity contribution in [3.63, 3.8) is 0 Å². The molecule has 0 rings (SSSR count). The number of Topliss-reactive ketones (excluding diaryl/α,β-unsaturated/α-hetero) is 1. The monoisotopic (exact) mass is 693 g/mol.